The molecule has 1 aromatic heterocycles. The molecule has 0 bridgehead atoms. The van der Waals surface area contributed by atoms with Crippen molar-refractivity contribution in [2.75, 3.05) is 43.1 Å². The van der Waals surface area contributed by atoms with Crippen LogP contribution in [0.25, 0.3) is 0 Å². The lowest BCUT2D eigenvalue weighted by Crippen LogP contribution is -2.53. The molecule has 0 radical (unpaired) electrons. The van der Waals surface area contributed by atoms with Gasteiger partial charge in [0.1, 0.15) is 5.75 Å². The molecule has 3 heterocycles. The summed E-state index contributed by atoms with van der Waals surface area (Å²) in [5.74, 6) is 0.756. The van der Waals surface area contributed by atoms with Gasteiger partial charge in [-0.2, -0.15) is 0 Å². The highest BCUT2D eigenvalue weighted by molar-refractivity contribution is 6.33. The van der Waals surface area contributed by atoms with Gasteiger partial charge >= 0.3 is 0 Å². The molecule has 2 amide bonds. The number of carbonyl (C=O) groups excluding carboxylic acids is 2. The van der Waals surface area contributed by atoms with E-state index in [1.54, 1.807) is 36.7 Å². The summed E-state index contributed by atoms with van der Waals surface area (Å²) >= 11 is 6.16. The summed E-state index contributed by atoms with van der Waals surface area (Å²) in [6.07, 6.45) is 3.60. The second kappa shape index (κ2) is 7.73. The van der Waals surface area contributed by atoms with Crippen LogP contribution in [-0.4, -0.2) is 66.0 Å². The van der Waals surface area contributed by atoms with Crippen LogP contribution < -0.4 is 14.5 Å². The van der Waals surface area contributed by atoms with Crippen LogP contribution in [0.1, 0.15) is 6.42 Å². The van der Waals surface area contributed by atoms with Crippen molar-refractivity contribution >= 4 is 35.1 Å². The van der Waals surface area contributed by atoms with Crippen molar-refractivity contribution in [1.29, 1.82) is 0 Å². The van der Waals surface area contributed by atoms with E-state index in [4.69, 9.17) is 16.3 Å². The van der Waals surface area contributed by atoms with Crippen LogP contribution in [0.5, 0.6) is 5.75 Å². The highest BCUT2D eigenvalue weighted by atomic mass is 35.5. The average molecular weight is 402 g/mol. The summed E-state index contributed by atoms with van der Waals surface area (Å²) in [5.41, 5.74) is 0.472. The summed E-state index contributed by atoms with van der Waals surface area (Å²) in [6, 6.07) is 6.25. The van der Waals surface area contributed by atoms with Crippen molar-refractivity contribution in [1.82, 2.24) is 14.9 Å². The summed E-state index contributed by atoms with van der Waals surface area (Å²) in [5, 5.41) is 0.362. The van der Waals surface area contributed by atoms with Gasteiger partial charge in [0, 0.05) is 38.6 Å². The topological polar surface area (TPSA) is 78.9 Å². The number of piperazine rings is 1. The van der Waals surface area contributed by atoms with Crippen LogP contribution in [0.2, 0.25) is 5.02 Å². The summed E-state index contributed by atoms with van der Waals surface area (Å²) in [4.78, 5) is 39.5. The number of nitrogens with zero attached hydrogens (tertiary/aromatic N) is 5. The molecule has 146 valence electrons. The SMILES string of the molecule is COc1ccc(N2C(=O)C[C@H](N3CCN(c4ncccn4)CC3)C2=O)cc1Cl. The number of aromatic nitrogens is 2. The number of amides is 2. The molecule has 2 saturated heterocycles. The van der Waals surface area contributed by atoms with E-state index in [9.17, 15) is 9.59 Å². The van der Waals surface area contributed by atoms with Gasteiger partial charge in [0.05, 0.1) is 30.3 Å². The van der Waals surface area contributed by atoms with Crippen molar-refractivity contribution in [3.05, 3.63) is 41.7 Å². The largest absolute Gasteiger partial charge is 0.495 e. The van der Waals surface area contributed by atoms with Crippen LogP contribution in [-0.2, 0) is 9.59 Å². The number of rotatable bonds is 4. The van der Waals surface area contributed by atoms with Crippen LogP contribution in [0.15, 0.2) is 36.7 Å². The molecule has 1 aromatic carbocycles. The van der Waals surface area contributed by atoms with Gasteiger partial charge in [-0.25, -0.2) is 14.9 Å². The number of anilines is 2. The molecule has 1 atom stereocenters. The third-order valence-electron chi connectivity index (χ3n) is 5.11. The maximum atomic E-state index is 13.0. The van der Waals surface area contributed by atoms with Crippen LogP contribution in [0.4, 0.5) is 11.6 Å². The van der Waals surface area contributed by atoms with Gasteiger partial charge in [-0.05, 0) is 24.3 Å². The van der Waals surface area contributed by atoms with E-state index in [0.717, 1.165) is 0 Å². The predicted molar refractivity (Wildman–Crippen MR) is 105 cm³/mol. The van der Waals surface area contributed by atoms with Gasteiger partial charge in [-0.1, -0.05) is 11.6 Å². The molecule has 0 spiro atoms. The van der Waals surface area contributed by atoms with Gasteiger partial charge in [0.2, 0.25) is 11.9 Å². The van der Waals surface area contributed by atoms with Crippen molar-refractivity contribution in [2.45, 2.75) is 12.5 Å². The number of hydrogen-bond donors (Lipinski definition) is 0. The van der Waals surface area contributed by atoms with E-state index < -0.39 is 6.04 Å². The Hall–Kier alpha value is -2.71. The zero-order valence-electron chi connectivity index (χ0n) is 15.4. The Labute approximate surface area is 167 Å². The number of carbonyl (C=O) groups is 2. The van der Waals surface area contributed by atoms with Gasteiger partial charge in [-0.3, -0.25) is 14.5 Å². The number of methoxy groups -OCH3 is 1. The van der Waals surface area contributed by atoms with Crippen LogP contribution >= 0.6 is 11.6 Å². The minimum absolute atomic E-state index is 0.171. The van der Waals surface area contributed by atoms with Crippen molar-refractivity contribution in [2.24, 2.45) is 0 Å². The lowest BCUT2D eigenvalue weighted by molar-refractivity contribution is -0.123. The van der Waals surface area contributed by atoms with Crippen LogP contribution in [0, 0.1) is 0 Å². The van der Waals surface area contributed by atoms with E-state index in [0.29, 0.717) is 48.6 Å². The Balaban J connectivity index is 1.45. The van der Waals surface area contributed by atoms with Crippen molar-refractivity contribution < 1.29 is 14.3 Å². The summed E-state index contributed by atoms with van der Waals surface area (Å²) in [7, 11) is 1.52. The number of hydrogen-bond acceptors (Lipinski definition) is 7. The fourth-order valence-electron chi connectivity index (χ4n) is 3.65. The fraction of sp³-hybridized carbons (Fsp3) is 0.368. The highest BCUT2D eigenvalue weighted by Crippen LogP contribution is 2.32. The Morgan fingerprint density at radius 3 is 2.46 bits per heavy atom. The van der Waals surface area contributed by atoms with Gasteiger partial charge < -0.3 is 9.64 Å². The van der Waals surface area contributed by atoms with E-state index in [2.05, 4.69) is 19.8 Å². The zero-order valence-corrected chi connectivity index (χ0v) is 16.2. The first-order chi connectivity index (χ1) is 13.6. The van der Waals surface area contributed by atoms with Crippen LogP contribution in [0.3, 0.4) is 0 Å². The minimum Gasteiger partial charge on any atom is -0.495 e. The molecule has 8 nitrogen and oxygen atoms in total. The normalized spacial score (nSPS) is 20.7. The number of halogens is 1. The first kappa shape index (κ1) is 18.6. The highest BCUT2D eigenvalue weighted by Gasteiger charge is 2.43. The zero-order chi connectivity index (χ0) is 19.7. The fourth-order valence-corrected chi connectivity index (χ4v) is 3.91. The molecular weight excluding hydrogens is 382 g/mol. The molecule has 0 aliphatic carbocycles. The molecule has 28 heavy (non-hydrogen) atoms. The molecule has 2 aromatic rings. The minimum atomic E-state index is -0.452. The number of benzene rings is 1. The Morgan fingerprint density at radius 1 is 1.11 bits per heavy atom. The third-order valence-corrected chi connectivity index (χ3v) is 5.40. The molecule has 0 saturated carbocycles. The molecule has 9 heteroatoms. The van der Waals surface area contributed by atoms with Gasteiger partial charge in [0.15, 0.2) is 0 Å². The van der Waals surface area contributed by atoms with Crippen molar-refractivity contribution in [3.63, 3.8) is 0 Å². The van der Waals surface area contributed by atoms with E-state index in [1.807, 2.05) is 0 Å². The summed E-state index contributed by atoms with van der Waals surface area (Å²) in [6.45, 7) is 2.74. The molecule has 2 fully saturated rings. The monoisotopic (exact) mass is 401 g/mol. The standard InChI is InChI=1S/C19H20ClN5O3/c1-28-16-4-3-13(11-14(16)20)25-17(26)12-15(18(25)27)23-7-9-24(10-8-23)19-21-5-2-6-22-19/h2-6,11,15H,7-10,12H2,1H3/t15-/m0/s1. The van der Waals surface area contributed by atoms with Crippen molar-refractivity contribution in [3.8, 4) is 5.75 Å². The second-order valence-corrected chi connectivity index (χ2v) is 7.09. The molecule has 0 N–H and O–H groups in total. The Kier molecular flexibility index (Phi) is 5.15. The average Bonchev–Trinajstić information content (AvgIpc) is 3.03. The maximum absolute atomic E-state index is 13.0. The van der Waals surface area contributed by atoms with Gasteiger partial charge in [-0.15, -0.1) is 0 Å². The van der Waals surface area contributed by atoms with E-state index in [-0.39, 0.29) is 18.2 Å². The first-order valence-corrected chi connectivity index (χ1v) is 9.42. The molecule has 4 rings (SSSR count). The lowest BCUT2D eigenvalue weighted by Gasteiger charge is -2.36. The second-order valence-electron chi connectivity index (χ2n) is 6.68. The quantitative estimate of drug-likeness (QED) is 0.720. The lowest BCUT2D eigenvalue weighted by atomic mass is 10.2. The number of ether oxygens (including phenoxy) is 1. The predicted octanol–water partition coefficient (Wildman–Crippen LogP) is 1.59. The third kappa shape index (κ3) is 3.41. The van der Waals surface area contributed by atoms with E-state index in [1.165, 1.54) is 12.0 Å². The smallest absolute Gasteiger partial charge is 0.251 e. The maximum Gasteiger partial charge on any atom is 0.251 e. The van der Waals surface area contributed by atoms with E-state index >= 15 is 0 Å². The molecular formula is C19H20ClN5O3. The Morgan fingerprint density at radius 2 is 1.82 bits per heavy atom. The number of imide groups is 1. The Bertz CT molecular complexity index is 886. The molecule has 2 aliphatic rings. The molecule has 2 aliphatic heterocycles. The summed E-state index contributed by atoms with van der Waals surface area (Å²) < 4.78 is 5.14. The molecule has 0 unspecified atom stereocenters. The van der Waals surface area contributed by atoms with Gasteiger partial charge in [0.25, 0.3) is 5.91 Å². The first-order valence-electron chi connectivity index (χ1n) is 9.05.